The summed E-state index contributed by atoms with van der Waals surface area (Å²) in [5.74, 6) is -1.34. The lowest BCUT2D eigenvalue weighted by molar-refractivity contribution is 0.0695. The number of carbonyl (C=O) groups is 1. The highest BCUT2D eigenvalue weighted by Gasteiger charge is 2.11. The number of para-hydroxylation sites is 1. The quantitative estimate of drug-likeness (QED) is 0.711. The lowest BCUT2D eigenvalue weighted by Gasteiger charge is -2.02. The SMILES string of the molecule is O=C(O)c1ccccc1OS(=O)O. The Bertz CT molecular complexity index is 348. The van der Waals surface area contributed by atoms with Crippen LogP contribution in [0.4, 0.5) is 0 Å². The van der Waals surface area contributed by atoms with E-state index in [9.17, 15) is 9.00 Å². The Kier molecular flexibility index (Phi) is 2.99. The normalized spacial score (nSPS) is 12.1. The van der Waals surface area contributed by atoms with E-state index in [1.165, 1.54) is 24.3 Å². The predicted molar refractivity (Wildman–Crippen MR) is 44.8 cm³/mol. The molecule has 5 nitrogen and oxygen atoms in total. The fraction of sp³-hybridized carbons (Fsp3) is 0. The van der Waals surface area contributed by atoms with Gasteiger partial charge in [0.25, 0.3) is 0 Å². The molecule has 1 atom stereocenters. The Labute approximate surface area is 76.5 Å². The second-order valence-electron chi connectivity index (χ2n) is 2.10. The number of aromatic carboxylic acids is 1. The molecule has 0 spiro atoms. The molecule has 0 aliphatic rings. The molecule has 1 aromatic rings. The summed E-state index contributed by atoms with van der Waals surface area (Å²) in [5, 5.41) is 8.62. The minimum atomic E-state index is -2.51. The van der Waals surface area contributed by atoms with Gasteiger partial charge in [0, 0.05) is 0 Å². The molecule has 0 aliphatic heterocycles. The predicted octanol–water partition coefficient (Wildman–Crippen LogP) is 0.900. The Morgan fingerprint density at radius 1 is 1.38 bits per heavy atom. The lowest BCUT2D eigenvalue weighted by Crippen LogP contribution is -2.04. The van der Waals surface area contributed by atoms with Gasteiger partial charge in [0.05, 0.1) is 0 Å². The standard InChI is InChI=1S/C7H6O5S/c8-7(9)5-3-1-2-4-6(5)12-13(10)11/h1-4H,(H,8,9)(H,10,11). The van der Waals surface area contributed by atoms with Crippen LogP contribution < -0.4 is 4.18 Å². The van der Waals surface area contributed by atoms with Crippen LogP contribution in [0.1, 0.15) is 10.4 Å². The third kappa shape index (κ3) is 2.53. The van der Waals surface area contributed by atoms with Crippen LogP contribution in [0.15, 0.2) is 24.3 Å². The summed E-state index contributed by atoms with van der Waals surface area (Å²) < 4.78 is 23.0. The average molecular weight is 202 g/mol. The molecule has 0 fully saturated rings. The largest absolute Gasteiger partial charge is 0.478 e. The van der Waals surface area contributed by atoms with Gasteiger partial charge >= 0.3 is 17.3 Å². The van der Waals surface area contributed by atoms with Crippen LogP contribution in [0.5, 0.6) is 5.75 Å². The van der Waals surface area contributed by atoms with Gasteiger partial charge in [-0.2, -0.15) is 4.21 Å². The van der Waals surface area contributed by atoms with Crippen molar-refractivity contribution in [2.24, 2.45) is 0 Å². The van der Waals surface area contributed by atoms with Crippen LogP contribution >= 0.6 is 0 Å². The van der Waals surface area contributed by atoms with E-state index in [-0.39, 0.29) is 11.3 Å². The number of hydrogen-bond acceptors (Lipinski definition) is 3. The first-order valence-electron chi connectivity index (χ1n) is 3.23. The number of benzene rings is 1. The minimum absolute atomic E-state index is 0.129. The van der Waals surface area contributed by atoms with E-state index in [1.807, 2.05) is 0 Å². The van der Waals surface area contributed by atoms with Gasteiger partial charge in [-0.1, -0.05) is 12.1 Å². The van der Waals surface area contributed by atoms with Crippen molar-refractivity contribution >= 4 is 17.3 Å². The molecule has 6 heteroatoms. The molecule has 0 saturated carbocycles. The molecule has 1 unspecified atom stereocenters. The average Bonchev–Trinajstić information content (AvgIpc) is 2.03. The summed E-state index contributed by atoms with van der Waals surface area (Å²) in [7, 11) is 0. The summed E-state index contributed by atoms with van der Waals surface area (Å²) in [4.78, 5) is 10.5. The fourth-order valence-electron chi connectivity index (χ4n) is 0.793. The summed E-state index contributed by atoms with van der Waals surface area (Å²) in [6.45, 7) is 0. The van der Waals surface area contributed by atoms with Crippen molar-refractivity contribution in [3.8, 4) is 5.75 Å². The first-order valence-corrected chi connectivity index (χ1v) is 4.26. The maximum absolute atomic E-state index is 10.5. The van der Waals surface area contributed by atoms with Gasteiger partial charge in [-0.15, -0.1) is 0 Å². The van der Waals surface area contributed by atoms with E-state index in [0.29, 0.717) is 0 Å². The van der Waals surface area contributed by atoms with Crippen molar-refractivity contribution in [3.63, 3.8) is 0 Å². The zero-order valence-electron chi connectivity index (χ0n) is 6.34. The van der Waals surface area contributed by atoms with Gasteiger partial charge in [0.15, 0.2) is 5.75 Å². The maximum Gasteiger partial charge on any atom is 0.357 e. The van der Waals surface area contributed by atoms with Gasteiger partial charge in [0.2, 0.25) is 0 Å². The summed E-state index contributed by atoms with van der Waals surface area (Å²) in [6, 6.07) is 5.59. The van der Waals surface area contributed by atoms with E-state index in [1.54, 1.807) is 0 Å². The van der Waals surface area contributed by atoms with E-state index in [0.717, 1.165) is 0 Å². The summed E-state index contributed by atoms with van der Waals surface area (Å²) >= 11 is -2.51. The fourth-order valence-corrected chi connectivity index (χ4v) is 1.09. The van der Waals surface area contributed by atoms with Crippen molar-refractivity contribution in [1.29, 1.82) is 0 Å². The van der Waals surface area contributed by atoms with Crippen LogP contribution in [0.2, 0.25) is 0 Å². The highest BCUT2D eigenvalue weighted by Crippen LogP contribution is 2.18. The molecule has 0 saturated heterocycles. The van der Waals surface area contributed by atoms with Gasteiger partial charge in [0.1, 0.15) is 5.56 Å². The molecule has 0 bridgehead atoms. The molecule has 0 aliphatic carbocycles. The summed E-state index contributed by atoms with van der Waals surface area (Å²) in [5.41, 5.74) is -0.148. The van der Waals surface area contributed by atoms with Crippen molar-refractivity contribution in [2.45, 2.75) is 0 Å². The Morgan fingerprint density at radius 2 is 2.00 bits per heavy atom. The van der Waals surface area contributed by atoms with Crippen molar-refractivity contribution in [1.82, 2.24) is 0 Å². The van der Waals surface area contributed by atoms with Crippen LogP contribution in [-0.4, -0.2) is 19.8 Å². The number of rotatable bonds is 3. The molecular formula is C7H6O5S. The smallest absolute Gasteiger partial charge is 0.357 e. The molecule has 13 heavy (non-hydrogen) atoms. The first kappa shape index (κ1) is 9.69. The zero-order chi connectivity index (χ0) is 9.84. The van der Waals surface area contributed by atoms with E-state index in [2.05, 4.69) is 4.18 Å². The monoisotopic (exact) mass is 202 g/mol. The second-order valence-corrected chi connectivity index (χ2v) is 2.70. The van der Waals surface area contributed by atoms with Gasteiger partial charge in [-0.05, 0) is 12.1 Å². The first-order chi connectivity index (χ1) is 6.11. The van der Waals surface area contributed by atoms with Gasteiger partial charge in [-0.3, -0.25) is 4.55 Å². The van der Waals surface area contributed by atoms with Gasteiger partial charge < -0.3 is 9.29 Å². The molecule has 2 N–H and O–H groups in total. The number of carboxylic acids is 1. The summed E-state index contributed by atoms with van der Waals surface area (Å²) in [6.07, 6.45) is 0. The van der Waals surface area contributed by atoms with Crippen LogP contribution in [-0.2, 0) is 11.4 Å². The molecule has 70 valence electrons. The molecule has 0 amide bonds. The highest BCUT2D eigenvalue weighted by atomic mass is 32.2. The van der Waals surface area contributed by atoms with E-state index < -0.39 is 17.3 Å². The number of hydrogen-bond donors (Lipinski definition) is 2. The van der Waals surface area contributed by atoms with E-state index >= 15 is 0 Å². The van der Waals surface area contributed by atoms with Crippen LogP contribution in [0.25, 0.3) is 0 Å². The topological polar surface area (TPSA) is 83.8 Å². The maximum atomic E-state index is 10.5. The van der Waals surface area contributed by atoms with Crippen molar-refractivity contribution in [2.75, 3.05) is 0 Å². The Balaban J connectivity index is 3.04. The highest BCUT2D eigenvalue weighted by molar-refractivity contribution is 7.74. The van der Waals surface area contributed by atoms with Crippen LogP contribution in [0.3, 0.4) is 0 Å². The van der Waals surface area contributed by atoms with Crippen molar-refractivity contribution < 1.29 is 22.8 Å². The lowest BCUT2D eigenvalue weighted by atomic mass is 10.2. The molecule has 0 aromatic heterocycles. The van der Waals surface area contributed by atoms with Gasteiger partial charge in [-0.25, -0.2) is 4.79 Å². The molecule has 1 aromatic carbocycles. The molecular weight excluding hydrogens is 196 g/mol. The molecule has 1 rings (SSSR count). The molecule has 0 heterocycles. The second kappa shape index (κ2) is 4.01. The van der Waals surface area contributed by atoms with E-state index in [4.69, 9.17) is 9.66 Å². The third-order valence-corrected chi connectivity index (χ3v) is 1.60. The van der Waals surface area contributed by atoms with Crippen LogP contribution in [0, 0.1) is 0 Å². The number of carboxylic acid groups (broad SMARTS) is 1. The molecule has 0 radical (unpaired) electrons. The zero-order valence-corrected chi connectivity index (χ0v) is 7.15. The minimum Gasteiger partial charge on any atom is -0.478 e. The Hall–Kier alpha value is -1.40. The Morgan fingerprint density at radius 3 is 2.54 bits per heavy atom. The van der Waals surface area contributed by atoms with Crippen molar-refractivity contribution in [3.05, 3.63) is 29.8 Å². The third-order valence-electron chi connectivity index (χ3n) is 1.28.